The van der Waals surface area contributed by atoms with Crippen molar-refractivity contribution in [3.63, 3.8) is 0 Å². The number of hydrogen-bond donors (Lipinski definition) is 0. The summed E-state index contributed by atoms with van der Waals surface area (Å²) in [7, 11) is -2.06. The van der Waals surface area contributed by atoms with Crippen molar-refractivity contribution in [2.45, 2.75) is 39.5 Å². The number of carbonyl (C=O) groups is 3. The molecular formula is C15H21NO4Si. The Bertz CT molecular complexity index is 536. The Morgan fingerprint density at radius 2 is 1.62 bits per heavy atom. The Hall–Kier alpha value is -1.95. The molecule has 1 atom stereocenters. The molecule has 0 spiro atoms. The molecule has 0 N–H and O–H groups in total. The third kappa shape index (κ3) is 4.82. The monoisotopic (exact) mass is 307 g/mol. The van der Waals surface area contributed by atoms with Gasteiger partial charge in [0.05, 0.1) is 0 Å². The molecular weight excluding hydrogens is 286 g/mol. The molecule has 1 rings (SSSR count). The van der Waals surface area contributed by atoms with E-state index in [2.05, 4.69) is 0 Å². The van der Waals surface area contributed by atoms with E-state index in [1.165, 1.54) is 11.8 Å². The van der Waals surface area contributed by atoms with Crippen molar-refractivity contribution in [1.29, 1.82) is 0 Å². The minimum absolute atomic E-state index is 0.493. The summed E-state index contributed by atoms with van der Waals surface area (Å²) in [5.74, 6) is -1.83. The first-order valence-electron chi connectivity index (χ1n) is 6.75. The summed E-state index contributed by atoms with van der Waals surface area (Å²) >= 11 is 0. The van der Waals surface area contributed by atoms with E-state index in [1.807, 2.05) is 19.6 Å². The Labute approximate surface area is 126 Å². The van der Waals surface area contributed by atoms with Crippen LogP contribution in [0.1, 0.15) is 13.8 Å². The Kier molecular flexibility index (Phi) is 5.43. The maximum atomic E-state index is 12.2. The lowest BCUT2D eigenvalue weighted by Gasteiger charge is -2.29. The molecule has 0 radical (unpaired) electrons. The zero-order chi connectivity index (χ0) is 16.2. The van der Waals surface area contributed by atoms with Crippen LogP contribution in [-0.2, 0) is 18.8 Å². The van der Waals surface area contributed by atoms with Crippen LogP contribution in [-0.4, -0.2) is 32.0 Å². The molecule has 0 aliphatic heterocycles. The Morgan fingerprint density at radius 1 is 1.10 bits per heavy atom. The van der Waals surface area contributed by atoms with Gasteiger partial charge in [0.1, 0.15) is 6.04 Å². The first kappa shape index (κ1) is 17.1. The minimum Gasteiger partial charge on any atom is -0.518 e. The molecule has 1 amide bonds. The molecule has 0 fully saturated rings. The lowest BCUT2D eigenvalue weighted by Crippen LogP contribution is -2.48. The van der Waals surface area contributed by atoms with Gasteiger partial charge in [-0.25, -0.2) is 0 Å². The predicted molar refractivity (Wildman–Crippen MR) is 83.5 cm³/mol. The maximum absolute atomic E-state index is 12.2. The molecule has 0 aromatic heterocycles. The van der Waals surface area contributed by atoms with Crippen molar-refractivity contribution in [3.05, 3.63) is 30.3 Å². The summed E-state index contributed by atoms with van der Waals surface area (Å²) in [4.78, 5) is 37.0. The van der Waals surface area contributed by atoms with Crippen LogP contribution in [0.15, 0.2) is 30.3 Å². The first-order valence-corrected chi connectivity index (χ1v) is 10.2. The van der Waals surface area contributed by atoms with Crippen LogP contribution in [0, 0.1) is 0 Å². The molecule has 21 heavy (non-hydrogen) atoms. The van der Waals surface area contributed by atoms with Crippen LogP contribution in [0.3, 0.4) is 0 Å². The smallest absolute Gasteiger partial charge is 0.315 e. The van der Waals surface area contributed by atoms with E-state index in [0.29, 0.717) is 5.69 Å². The molecule has 0 bridgehead atoms. The van der Waals surface area contributed by atoms with Crippen LogP contribution in [0.25, 0.3) is 0 Å². The average molecular weight is 307 g/mol. The predicted octanol–water partition coefficient (Wildman–Crippen LogP) is 2.38. The van der Waals surface area contributed by atoms with Gasteiger partial charge in [0.15, 0.2) is 0 Å². The minimum atomic E-state index is -2.06. The SMILES string of the molecule is CC(=O)C(=O)N(c1ccccc1)[C@@H](C)C(=O)O[Si](C)(C)C. The van der Waals surface area contributed by atoms with Gasteiger partial charge in [-0.3, -0.25) is 19.3 Å². The number of nitrogens with zero attached hydrogens (tertiary/aromatic N) is 1. The number of rotatable bonds is 5. The van der Waals surface area contributed by atoms with Gasteiger partial charge in [-0.1, -0.05) is 18.2 Å². The van der Waals surface area contributed by atoms with Crippen LogP contribution < -0.4 is 4.90 Å². The number of ketones is 1. The van der Waals surface area contributed by atoms with Gasteiger partial charge in [-0.05, 0) is 38.7 Å². The van der Waals surface area contributed by atoms with Crippen molar-refractivity contribution in [1.82, 2.24) is 0 Å². The average Bonchev–Trinajstić information content (AvgIpc) is 2.37. The third-order valence-corrected chi connectivity index (χ3v) is 3.50. The van der Waals surface area contributed by atoms with Crippen LogP contribution in [0.2, 0.25) is 19.6 Å². The number of para-hydroxylation sites is 1. The molecule has 0 aliphatic carbocycles. The quantitative estimate of drug-likeness (QED) is 0.619. The standard InChI is InChI=1S/C15H21NO4Si/c1-11(15(19)20-21(3,4)5)16(14(18)12(2)17)13-9-7-6-8-10-13/h6-11H,1-5H3/t11-/m0/s1. The van der Waals surface area contributed by atoms with Gasteiger partial charge in [-0.2, -0.15) is 0 Å². The Morgan fingerprint density at radius 3 is 2.05 bits per heavy atom. The van der Waals surface area contributed by atoms with Gasteiger partial charge >= 0.3 is 5.97 Å². The highest BCUT2D eigenvalue weighted by Gasteiger charge is 2.33. The number of benzene rings is 1. The summed E-state index contributed by atoms with van der Waals surface area (Å²) in [6.07, 6.45) is 0. The second-order valence-corrected chi connectivity index (χ2v) is 10.2. The number of hydrogen-bond acceptors (Lipinski definition) is 4. The molecule has 6 heteroatoms. The van der Waals surface area contributed by atoms with E-state index in [1.54, 1.807) is 37.3 Å². The molecule has 0 aliphatic rings. The van der Waals surface area contributed by atoms with E-state index >= 15 is 0 Å². The van der Waals surface area contributed by atoms with Crippen molar-refractivity contribution in [2.24, 2.45) is 0 Å². The van der Waals surface area contributed by atoms with Crippen LogP contribution in [0.4, 0.5) is 5.69 Å². The topological polar surface area (TPSA) is 63.7 Å². The highest BCUT2D eigenvalue weighted by atomic mass is 28.4. The van der Waals surface area contributed by atoms with E-state index < -0.39 is 32.0 Å². The fourth-order valence-corrected chi connectivity index (χ4v) is 2.54. The van der Waals surface area contributed by atoms with Gasteiger partial charge in [-0.15, -0.1) is 0 Å². The zero-order valence-corrected chi connectivity index (χ0v) is 14.0. The molecule has 0 heterocycles. The van der Waals surface area contributed by atoms with Gasteiger partial charge < -0.3 is 4.43 Å². The zero-order valence-electron chi connectivity index (χ0n) is 13.0. The molecule has 1 aromatic carbocycles. The van der Waals surface area contributed by atoms with Crippen molar-refractivity contribution in [3.8, 4) is 0 Å². The van der Waals surface area contributed by atoms with Crippen molar-refractivity contribution >= 4 is 31.7 Å². The van der Waals surface area contributed by atoms with Crippen molar-refractivity contribution in [2.75, 3.05) is 4.90 Å². The molecule has 0 unspecified atom stereocenters. The molecule has 0 saturated carbocycles. The molecule has 1 aromatic rings. The number of amides is 1. The second-order valence-electron chi connectivity index (χ2n) is 5.78. The van der Waals surface area contributed by atoms with E-state index in [-0.39, 0.29) is 0 Å². The summed E-state index contributed by atoms with van der Waals surface area (Å²) in [6, 6.07) is 7.79. The first-order chi connectivity index (χ1) is 9.63. The lowest BCUT2D eigenvalue weighted by atomic mass is 10.2. The third-order valence-electron chi connectivity index (χ3n) is 2.69. The molecule has 114 valence electrons. The lowest BCUT2D eigenvalue weighted by molar-refractivity contribution is -0.140. The van der Waals surface area contributed by atoms with Crippen LogP contribution >= 0.6 is 0 Å². The van der Waals surface area contributed by atoms with Crippen molar-refractivity contribution < 1.29 is 18.8 Å². The normalized spacial score (nSPS) is 12.4. The van der Waals surface area contributed by atoms with Gasteiger partial charge in [0.25, 0.3) is 5.91 Å². The molecule has 0 saturated heterocycles. The fraction of sp³-hybridized carbons (Fsp3) is 0.400. The summed E-state index contributed by atoms with van der Waals surface area (Å²) < 4.78 is 5.43. The fourth-order valence-electron chi connectivity index (χ4n) is 1.77. The van der Waals surface area contributed by atoms with E-state index in [0.717, 1.165) is 0 Å². The highest BCUT2D eigenvalue weighted by Crippen LogP contribution is 2.19. The highest BCUT2D eigenvalue weighted by molar-refractivity contribution is 6.71. The molecule has 5 nitrogen and oxygen atoms in total. The summed E-state index contributed by atoms with van der Waals surface area (Å²) in [6.45, 7) is 8.41. The van der Waals surface area contributed by atoms with Crippen LogP contribution in [0.5, 0.6) is 0 Å². The van der Waals surface area contributed by atoms with Gasteiger partial charge in [0, 0.05) is 12.6 Å². The Balaban J connectivity index is 3.10. The van der Waals surface area contributed by atoms with Gasteiger partial charge in [0.2, 0.25) is 14.1 Å². The number of Topliss-reactive ketones (excluding diaryl/α,β-unsaturated/α-hetero) is 1. The largest absolute Gasteiger partial charge is 0.518 e. The summed E-state index contributed by atoms with van der Waals surface area (Å²) in [5, 5.41) is 0. The number of carbonyl (C=O) groups excluding carboxylic acids is 3. The van der Waals surface area contributed by atoms with E-state index in [4.69, 9.17) is 4.43 Å². The maximum Gasteiger partial charge on any atom is 0.315 e. The van der Waals surface area contributed by atoms with E-state index in [9.17, 15) is 14.4 Å². The number of anilines is 1. The second kappa shape index (κ2) is 6.67. The summed E-state index contributed by atoms with van der Waals surface area (Å²) in [5.41, 5.74) is 0.498.